The SMILES string of the molecule is O=C(O)CCc1nnc2ccc(N3CCOCC3)nn12. The summed E-state index contributed by atoms with van der Waals surface area (Å²) in [5.74, 6) is 0.542. The van der Waals surface area contributed by atoms with Crippen molar-refractivity contribution in [3.05, 3.63) is 18.0 Å². The molecule has 2 aromatic rings. The number of hydrogen-bond donors (Lipinski definition) is 1. The van der Waals surface area contributed by atoms with E-state index in [9.17, 15) is 4.79 Å². The van der Waals surface area contributed by atoms with Crippen LogP contribution >= 0.6 is 0 Å². The minimum Gasteiger partial charge on any atom is -0.481 e. The van der Waals surface area contributed by atoms with Crippen molar-refractivity contribution in [1.29, 1.82) is 0 Å². The van der Waals surface area contributed by atoms with Gasteiger partial charge in [0.05, 0.1) is 19.6 Å². The Hall–Kier alpha value is -2.22. The van der Waals surface area contributed by atoms with E-state index < -0.39 is 5.97 Å². The molecule has 0 saturated carbocycles. The highest BCUT2D eigenvalue weighted by atomic mass is 16.5. The normalized spacial score (nSPS) is 15.7. The number of carboxylic acid groups (broad SMARTS) is 1. The number of morpholine rings is 1. The van der Waals surface area contributed by atoms with E-state index >= 15 is 0 Å². The average molecular weight is 277 g/mol. The molecule has 1 aliphatic heterocycles. The van der Waals surface area contributed by atoms with Gasteiger partial charge in [0, 0.05) is 19.5 Å². The highest BCUT2D eigenvalue weighted by molar-refractivity contribution is 5.66. The van der Waals surface area contributed by atoms with Crippen LogP contribution in [0, 0.1) is 0 Å². The molecule has 2 aromatic heterocycles. The Morgan fingerprint density at radius 3 is 2.85 bits per heavy atom. The summed E-state index contributed by atoms with van der Waals surface area (Å²) < 4.78 is 6.93. The average Bonchev–Trinajstić information content (AvgIpc) is 2.88. The van der Waals surface area contributed by atoms with Crippen LogP contribution in [0.4, 0.5) is 5.82 Å². The predicted octanol–water partition coefficient (Wildman–Crippen LogP) is -0.0219. The van der Waals surface area contributed by atoms with Crippen LogP contribution in [-0.2, 0) is 16.0 Å². The number of carboxylic acids is 1. The molecule has 0 spiro atoms. The molecule has 106 valence electrons. The first kappa shape index (κ1) is 12.8. The summed E-state index contributed by atoms with van der Waals surface area (Å²) in [6.07, 6.45) is 0.334. The van der Waals surface area contributed by atoms with Crippen LogP contribution in [0.25, 0.3) is 5.65 Å². The summed E-state index contributed by atoms with van der Waals surface area (Å²) in [5, 5.41) is 21.2. The Kier molecular flexibility index (Phi) is 3.46. The Morgan fingerprint density at radius 2 is 2.10 bits per heavy atom. The molecule has 3 rings (SSSR count). The summed E-state index contributed by atoms with van der Waals surface area (Å²) in [5.41, 5.74) is 0.627. The monoisotopic (exact) mass is 277 g/mol. The van der Waals surface area contributed by atoms with E-state index in [-0.39, 0.29) is 6.42 Å². The molecule has 0 bridgehead atoms. The van der Waals surface area contributed by atoms with Gasteiger partial charge >= 0.3 is 5.97 Å². The molecular weight excluding hydrogens is 262 g/mol. The molecule has 0 radical (unpaired) electrons. The Labute approximate surface area is 115 Å². The van der Waals surface area contributed by atoms with Crippen LogP contribution in [0.15, 0.2) is 12.1 Å². The molecule has 8 heteroatoms. The van der Waals surface area contributed by atoms with Crippen molar-refractivity contribution in [2.24, 2.45) is 0 Å². The number of aromatic nitrogens is 4. The fraction of sp³-hybridized carbons (Fsp3) is 0.500. The van der Waals surface area contributed by atoms with Gasteiger partial charge in [0.15, 0.2) is 11.5 Å². The highest BCUT2D eigenvalue weighted by Crippen LogP contribution is 2.14. The van der Waals surface area contributed by atoms with Crippen LogP contribution < -0.4 is 4.90 Å². The molecule has 8 nitrogen and oxygen atoms in total. The Balaban J connectivity index is 1.88. The van der Waals surface area contributed by atoms with Crippen LogP contribution in [0.2, 0.25) is 0 Å². The summed E-state index contributed by atoms with van der Waals surface area (Å²) in [4.78, 5) is 12.8. The fourth-order valence-corrected chi connectivity index (χ4v) is 2.16. The molecule has 1 saturated heterocycles. The molecule has 20 heavy (non-hydrogen) atoms. The first-order valence-electron chi connectivity index (χ1n) is 6.50. The van der Waals surface area contributed by atoms with E-state index in [1.165, 1.54) is 0 Å². The molecular formula is C12H15N5O3. The number of anilines is 1. The second-order valence-electron chi connectivity index (χ2n) is 4.57. The lowest BCUT2D eigenvalue weighted by Crippen LogP contribution is -2.37. The molecule has 0 aliphatic carbocycles. The van der Waals surface area contributed by atoms with E-state index in [1.54, 1.807) is 4.52 Å². The number of aryl methyl sites for hydroxylation is 1. The van der Waals surface area contributed by atoms with Gasteiger partial charge in [-0.3, -0.25) is 4.79 Å². The zero-order valence-corrected chi connectivity index (χ0v) is 10.9. The number of carbonyl (C=O) groups is 1. The second kappa shape index (κ2) is 5.41. The predicted molar refractivity (Wildman–Crippen MR) is 69.8 cm³/mol. The zero-order chi connectivity index (χ0) is 13.9. The lowest BCUT2D eigenvalue weighted by atomic mass is 10.3. The van der Waals surface area contributed by atoms with Gasteiger partial charge < -0.3 is 14.7 Å². The van der Waals surface area contributed by atoms with E-state index in [4.69, 9.17) is 9.84 Å². The smallest absolute Gasteiger partial charge is 0.303 e. The summed E-state index contributed by atoms with van der Waals surface area (Å²) in [7, 11) is 0. The van der Waals surface area contributed by atoms with Crippen LogP contribution in [0.5, 0.6) is 0 Å². The molecule has 1 aliphatic rings. The fourth-order valence-electron chi connectivity index (χ4n) is 2.16. The minimum atomic E-state index is -0.855. The van der Waals surface area contributed by atoms with Crippen molar-refractivity contribution in [3.8, 4) is 0 Å². The van der Waals surface area contributed by atoms with Crippen LogP contribution in [0.1, 0.15) is 12.2 Å². The molecule has 1 N–H and O–H groups in total. The number of ether oxygens (including phenoxy) is 1. The van der Waals surface area contributed by atoms with Crippen molar-refractivity contribution in [3.63, 3.8) is 0 Å². The van der Waals surface area contributed by atoms with Gasteiger partial charge in [-0.15, -0.1) is 15.3 Å². The van der Waals surface area contributed by atoms with Gasteiger partial charge in [-0.05, 0) is 12.1 Å². The third kappa shape index (κ3) is 2.55. The molecule has 0 unspecified atom stereocenters. The largest absolute Gasteiger partial charge is 0.481 e. The number of rotatable bonds is 4. The van der Waals surface area contributed by atoms with Crippen molar-refractivity contribution in [2.75, 3.05) is 31.2 Å². The number of fused-ring (bicyclic) bond motifs is 1. The van der Waals surface area contributed by atoms with Gasteiger partial charge in [-0.2, -0.15) is 4.52 Å². The molecule has 0 amide bonds. The summed E-state index contributed by atoms with van der Waals surface area (Å²) >= 11 is 0. The summed E-state index contributed by atoms with van der Waals surface area (Å²) in [6.45, 7) is 2.97. The second-order valence-corrected chi connectivity index (χ2v) is 4.57. The van der Waals surface area contributed by atoms with E-state index in [2.05, 4.69) is 20.2 Å². The van der Waals surface area contributed by atoms with Gasteiger partial charge in [-0.25, -0.2) is 0 Å². The maximum absolute atomic E-state index is 10.6. The zero-order valence-electron chi connectivity index (χ0n) is 10.9. The van der Waals surface area contributed by atoms with Gasteiger partial charge in [-0.1, -0.05) is 0 Å². The molecule has 0 aromatic carbocycles. The van der Waals surface area contributed by atoms with E-state index in [0.717, 1.165) is 18.9 Å². The molecule has 1 fully saturated rings. The van der Waals surface area contributed by atoms with Gasteiger partial charge in [0.1, 0.15) is 5.82 Å². The van der Waals surface area contributed by atoms with Crippen LogP contribution in [-0.4, -0.2) is 57.2 Å². The van der Waals surface area contributed by atoms with Crippen molar-refractivity contribution in [2.45, 2.75) is 12.8 Å². The van der Waals surface area contributed by atoms with Gasteiger partial charge in [0.2, 0.25) is 0 Å². The summed E-state index contributed by atoms with van der Waals surface area (Å²) in [6, 6.07) is 3.74. The number of hydrogen-bond acceptors (Lipinski definition) is 6. The Morgan fingerprint density at radius 1 is 1.30 bits per heavy atom. The Bertz CT molecular complexity index is 621. The van der Waals surface area contributed by atoms with E-state index in [0.29, 0.717) is 31.1 Å². The standard InChI is InChI=1S/C12H15N5O3/c18-12(19)4-3-10-14-13-9-1-2-11(15-17(9)10)16-5-7-20-8-6-16/h1-2H,3-8H2,(H,18,19). The maximum atomic E-state index is 10.6. The number of aliphatic carboxylic acids is 1. The highest BCUT2D eigenvalue weighted by Gasteiger charge is 2.15. The van der Waals surface area contributed by atoms with Crippen LogP contribution in [0.3, 0.4) is 0 Å². The van der Waals surface area contributed by atoms with E-state index in [1.807, 2.05) is 12.1 Å². The lowest BCUT2D eigenvalue weighted by molar-refractivity contribution is -0.137. The third-order valence-corrected chi connectivity index (χ3v) is 3.21. The maximum Gasteiger partial charge on any atom is 0.303 e. The molecule has 0 atom stereocenters. The molecule has 3 heterocycles. The number of nitrogens with zero attached hydrogens (tertiary/aromatic N) is 5. The van der Waals surface area contributed by atoms with Gasteiger partial charge in [0.25, 0.3) is 0 Å². The minimum absolute atomic E-state index is 0.0181. The van der Waals surface area contributed by atoms with Crippen molar-refractivity contribution < 1.29 is 14.6 Å². The topological polar surface area (TPSA) is 92.8 Å². The quantitative estimate of drug-likeness (QED) is 0.839. The first-order valence-corrected chi connectivity index (χ1v) is 6.50. The van der Waals surface area contributed by atoms with Crippen molar-refractivity contribution >= 4 is 17.4 Å². The lowest BCUT2D eigenvalue weighted by Gasteiger charge is -2.27. The third-order valence-electron chi connectivity index (χ3n) is 3.21. The van der Waals surface area contributed by atoms with Crippen molar-refractivity contribution in [1.82, 2.24) is 19.8 Å². The first-order chi connectivity index (χ1) is 9.74.